The predicted molar refractivity (Wildman–Crippen MR) is 77.8 cm³/mol. The Labute approximate surface area is 123 Å². The van der Waals surface area contributed by atoms with E-state index in [9.17, 15) is 8.42 Å². The van der Waals surface area contributed by atoms with Crippen molar-refractivity contribution in [2.45, 2.75) is 25.3 Å². The van der Waals surface area contributed by atoms with Crippen molar-refractivity contribution < 1.29 is 18.3 Å². The third kappa shape index (κ3) is 3.01. The van der Waals surface area contributed by atoms with Crippen LogP contribution in [0.3, 0.4) is 0 Å². The molecule has 0 bridgehead atoms. The van der Waals surface area contributed by atoms with E-state index in [-0.39, 0.29) is 17.3 Å². The number of hydrogen-bond acceptors (Lipinski definition) is 5. The van der Waals surface area contributed by atoms with Crippen molar-refractivity contribution in [1.82, 2.24) is 10.2 Å². The van der Waals surface area contributed by atoms with Gasteiger partial charge in [-0.25, -0.2) is 8.42 Å². The molecule has 2 aromatic rings. The fraction of sp³-hybridized carbons (Fsp3) is 0.308. The lowest BCUT2D eigenvalue weighted by atomic mass is 10.2. The van der Waals surface area contributed by atoms with E-state index in [0.717, 1.165) is 0 Å². The summed E-state index contributed by atoms with van der Waals surface area (Å²) in [5.41, 5.74) is 2.17. The van der Waals surface area contributed by atoms with Gasteiger partial charge < -0.3 is 9.84 Å². The van der Waals surface area contributed by atoms with Gasteiger partial charge in [-0.15, -0.1) is 0 Å². The van der Waals surface area contributed by atoms with E-state index in [1.165, 1.54) is 25.3 Å². The number of H-pyrrole nitrogens is 1. The van der Waals surface area contributed by atoms with Gasteiger partial charge in [0.25, 0.3) is 10.0 Å². The minimum absolute atomic E-state index is 0.00204. The minimum atomic E-state index is -3.81. The molecule has 7 nitrogen and oxygen atoms in total. The molecule has 0 saturated heterocycles. The molecule has 114 valence electrons. The molecule has 21 heavy (non-hydrogen) atoms. The lowest BCUT2D eigenvalue weighted by Crippen LogP contribution is -2.15. The van der Waals surface area contributed by atoms with Gasteiger partial charge in [0.15, 0.2) is 0 Å². The van der Waals surface area contributed by atoms with Crippen molar-refractivity contribution in [1.29, 1.82) is 0 Å². The molecular formula is C13H17N3O4S. The summed E-state index contributed by atoms with van der Waals surface area (Å²) in [5.74, 6) is 0.174. The van der Waals surface area contributed by atoms with Gasteiger partial charge in [0.05, 0.1) is 30.8 Å². The molecule has 3 N–H and O–H groups in total. The Morgan fingerprint density at radius 2 is 2.10 bits per heavy atom. The molecule has 0 atom stereocenters. The van der Waals surface area contributed by atoms with Gasteiger partial charge in [-0.05, 0) is 31.5 Å². The largest absolute Gasteiger partial charge is 0.495 e. The van der Waals surface area contributed by atoms with Crippen LogP contribution in [0.4, 0.5) is 5.69 Å². The number of benzene rings is 1. The molecule has 0 amide bonds. The third-order valence-electron chi connectivity index (χ3n) is 3.06. The summed E-state index contributed by atoms with van der Waals surface area (Å²) in [6.07, 6.45) is 0. The highest BCUT2D eigenvalue weighted by atomic mass is 32.2. The maximum absolute atomic E-state index is 12.5. The second kappa shape index (κ2) is 5.74. The summed E-state index contributed by atoms with van der Waals surface area (Å²) < 4.78 is 32.6. The zero-order chi connectivity index (χ0) is 15.6. The van der Waals surface area contributed by atoms with E-state index >= 15 is 0 Å². The average Bonchev–Trinajstić information content (AvgIpc) is 2.78. The number of nitrogens with one attached hydrogen (secondary N) is 2. The summed E-state index contributed by atoms with van der Waals surface area (Å²) in [6.45, 7) is 3.24. The van der Waals surface area contributed by atoms with Crippen LogP contribution in [0.25, 0.3) is 0 Å². The lowest BCUT2D eigenvalue weighted by molar-refractivity contribution is 0.280. The summed E-state index contributed by atoms with van der Waals surface area (Å²) in [4.78, 5) is 0.00204. The molecule has 0 spiro atoms. The lowest BCUT2D eigenvalue weighted by Gasteiger charge is -2.12. The van der Waals surface area contributed by atoms with Gasteiger partial charge in [-0.2, -0.15) is 5.10 Å². The number of hydrogen-bond donors (Lipinski definition) is 3. The first kappa shape index (κ1) is 15.3. The number of methoxy groups -OCH3 is 1. The van der Waals surface area contributed by atoms with Crippen LogP contribution in [-0.2, 0) is 16.6 Å². The van der Waals surface area contributed by atoms with Crippen molar-refractivity contribution in [2.24, 2.45) is 0 Å². The number of aliphatic hydroxyl groups excluding tert-OH is 1. The minimum Gasteiger partial charge on any atom is -0.495 e. The Morgan fingerprint density at radius 1 is 1.38 bits per heavy atom. The van der Waals surface area contributed by atoms with Crippen LogP contribution in [0.15, 0.2) is 23.1 Å². The standard InChI is InChI=1S/C13H17N3O4S/c1-8-13(9(2)15-14-8)16-21(18,19)12-5-4-10(7-17)6-11(12)20-3/h4-6,16-17H,7H2,1-3H3,(H,14,15). The number of anilines is 1. The van der Waals surface area contributed by atoms with E-state index in [2.05, 4.69) is 14.9 Å². The topological polar surface area (TPSA) is 104 Å². The fourth-order valence-corrected chi connectivity index (χ4v) is 3.26. The number of ether oxygens (including phenoxy) is 1. The molecule has 0 radical (unpaired) electrons. The molecule has 0 fully saturated rings. The first-order chi connectivity index (χ1) is 9.89. The molecule has 0 saturated carbocycles. The highest BCUT2D eigenvalue weighted by Gasteiger charge is 2.22. The van der Waals surface area contributed by atoms with Crippen molar-refractivity contribution in [2.75, 3.05) is 11.8 Å². The molecule has 8 heteroatoms. The Morgan fingerprint density at radius 3 is 2.62 bits per heavy atom. The van der Waals surface area contributed by atoms with Crippen molar-refractivity contribution in [3.63, 3.8) is 0 Å². The van der Waals surface area contributed by atoms with Gasteiger partial charge in [-0.3, -0.25) is 9.82 Å². The molecule has 0 aliphatic rings. The zero-order valence-corrected chi connectivity index (χ0v) is 12.8. The van der Waals surface area contributed by atoms with Gasteiger partial charge in [0.2, 0.25) is 0 Å². The average molecular weight is 311 g/mol. The summed E-state index contributed by atoms with van der Waals surface area (Å²) in [6, 6.07) is 4.42. The number of aromatic nitrogens is 2. The second-order valence-electron chi connectivity index (χ2n) is 4.56. The number of aliphatic hydroxyl groups is 1. The van der Waals surface area contributed by atoms with Gasteiger partial charge in [0, 0.05) is 0 Å². The molecule has 1 aromatic carbocycles. The monoisotopic (exact) mass is 311 g/mol. The normalized spacial score (nSPS) is 11.4. The second-order valence-corrected chi connectivity index (χ2v) is 6.21. The first-order valence-corrected chi connectivity index (χ1v) is 7.69. The fourth-order valence-electron chi connectivity index (χ4n) is 1.92. The van der Waals surface area contributed by atoms with Gasteiger partial charge in [-0.1, -0.05) is 6.07 Å². The maximum atomic E-state index is 12.5. The smallest absolute Gasteiger partial charge is 0.265 e. The van der Waals surface area contributed by atoms with E-state index in [4.69, 9.17) is 9.84 Å². The van der Waals surface area contributed by atoms with E-state index in [1.807, 2.05) is 0 Å². The van der Waals surface area contributed by atoms with Gasteiger partial charge >= 0.3 is 0 Å². The number of aromatic amines is 1. The Balaban J connectivity index is 2.45. The van der Waals surface area contributed by atoms with E-state index in [0.29, 0.717) is 22.6 Å². The van der Waals surface area contributed by atoms with Crippen molar-refractivity contribution in [3.8, 4) is 5.75 Å². The van der Waals surface area contributed by atoms with E-state index < -0.39 is 10.0 Å². The van der Waals surface area contributed by atoms with E-state index in [1.54, 1.807) is 13.8 Å². The number of nitrogens with zero attached hydrogens (tertiary/aromatic N) is 1. The van der Waals surface area contributed by atoms with Crippen LogP contribution in [0.2, 0.25) is 0 Å². The van der Waals surface area contributed by atoms with Crippen LogP contribution < -0.4 is 9.46 Å². The third-order valence-corrected chi connectivity index (χ3v) is 4.45. The summed E-state index contributed by atoms with van der Waals surface area (Å²) in [5, 5.41) is 15.8. The van der Waals surface area contributed by atoms with Crippen molar-refractivity contribution >= 4 is 15.7 Å². The Kier molecular flexibility index (Phi) is 4.19. The molecular weight excluding hydrogens is 294 g/mol. The maximum Gasteiger partial charge on any atom is 0.265 e. The van der Waals surface area contributed by atoms with Crippen LogP contribution in [0, 0.1) is 13.8 Å². The Bertz CT molecular complexity index is 733. The Hall–Kier alpha value is -2.06. The molecule has 0 aliphatic heterocycles. The van der Waals surface area contributed by atoms with Crippen LogP contribution in [-0.4, -0.2) is 30.8 Å². The van der Waals surface area contributed by atoms with Gasteiger partial charge in [0.1, 0.15) is 10.6 Å². The predicted octanol–water partition coefficient (Wildman–Crippen LogP) is 1.33. The molecule has 1 heterocycles. The summed E-state index contributed by atoms with van der Waals surface area (Å²) in [7, 11) is -2.43. The number of rotatable bonds is 5. The number of aryl methyl sites for hydroxylation is 2. The van der Waals surface area contributed by atoms with Crippen LogP contribution in [0.5, 0.6) is 5.75 Å². The first-order valence-electron chi connectivity index (χ1n) is 6.21. The molecule has 0 aliphatic carbocycles. The quantitative estimate of drug-likeness (QED) is 0.772. The molecule has 2 rings (SSSR count). The van der Waals surface area contributed by atoms with Crippen LogP contribution >= 0.6 is 0 Å². The highest BCUT2D eigenvalue weighted by Crippen LogP contribution is 2.28. The van der Waals surface area contributed by atoms with Crippen molar-refractivity contribution in [3.05, 3.63) is 35.2 Å². The SMILES string of the molecule is COc1cc(CO)ccc1S(=O)(=O)Nc1c(C)n[nH]c1C. The number of sulfonamides is 1. The summed E-state index contributed by atoms with van der Waals surface area (Å²) >= 11 is 0. The zero-order valence-electron chi connectivity index (χ0n) is 12.0. The highest BCUT2D eigenvalue weighted by molar-refractivity contribution is 7.92. The molecule has 1 aromatic heterocycles. The van der Waals surface area contributed by atoms with Crippen LogP contribution in [0.1, 0.15) is 17.0 Å². The molecule has 0 unspecified atom stereocenters.